The van der Waals surface area contributed by atoms with Crippen molar-refractivity contribution in [2.75, 3.05) is 0 Å². The molecule has 0 saturated carbocycles. The van der Waals surface area contributed by atoms with Crippen LogP contribution in [0.3, 0.4) is 0 Å². The zero-order valence-electron chi connectivity index (χ0n) is 8.75. The van der Waals surface area contributed by atoms with Gasteiger partial charge in [-0.3, -0.25) is 0 Å². The van der Waals surface area contributed by atoms with Crippen molar-refractivity contribution >= 4 is 27.3 Å². The molecule has 0 spiro atoms. The van der Waals surface area contributed by atoms with Crippen LogP contribution in [0.15, 0.2) is 28.7 Å². The summed E-state index contributed by atoms with van der Waals surface area (Å²) in [6, 6.07) is 8.30. The Balaban J connectivity index is 2.41. The third-order valence-corrected chi connectivity index (χ3v) is 3.91. The number of thiazole rings is 1. The molecular weight excluding hydrogens is 270 g/mol. The standard InChI is InChI=1S/C12H12BrNS/c1-3-11-8(2)15-12(14-11)9-4-6-10(13)7-5-9/h4-7H,3H2,1-2H3. The number of hydrogen-bond acceptors (Lipinski definition) is 2. The van der Waals surface area contributed by atoms with Gasteiger partial charge in [-0.05, 0) is 25.5 Å². The lowest BCUT2D eigenvalue weighted by atomic mass is 10.2. The van der Waals surface area contributed by atoms with Gasteiger partial charge in [0.05, 0.1) is 5.69 Å². The fraction of sp³-hybridized carbons (Fsp3) is 0.250. The van der Waals surface area contributed by atoms with Crippen molar-refractivity contribution < 1.29 is 0 Å². The maximum Gasteiger partial charge on any atom is 0.123 e. The van der Waals surface area contributed by atoms with Crippen LogP contribution in [0.25, 0.3) is 10.6 Å². The topological polar surface area (TPSA) is 12.9 Å². The van der Waals surface area contributed by atoms with Crippen LogP contribution in [0.1, 0.15) is 17.5 Å². The van der Waals surface area contributed by atoms with E-state index < -0.39 is 0 Å². The van der Waals surface area contributed by atoms with Crippen molar-refractivity contribution in [2.24, 2.45) is 0 Å². The van der Waals surface area contributed by atoms with Crippen LogP contribution in [0, 0.1) is 6.92 Å². The normalized spacial score (nSPS) is 10.6. The SMILES string of the molecule is CCc1nc(-c2ccc(Br)cc2)sc1C. The molecule has 0 amide bonds. The van der Waals surface area contributed by atoms with Crippen molar-refractivity contribution in [2.45, 2.75) is 20.3 Å². The Morgan fingerprint density at radius 2 is 1.93 bits per heavy atom. The van der Waals surface area contributed by atoms with Gasteiger partial charge in [0.25, 0.3) is 0 Å². The lowest BCUT2D eigenvalue weighted by Crippen LogP contribution is -1.82. The van der Waals surface area contributed by atoms with E-state index in [0.717, 1.165) is 15.9 Å². The number of aryl methyl sites for hydroxylation is 2. The Bertz CT molecular complexity index is 459. The third kappa shape index (κ3) is 2.29. The Morgan fingerprint density at radius 1 is 1.27 bits per heavy atom. The predicted octanol–water partition coefficient (Wildman–Crippen LogP) is 4.44. The maximum atomic E-state index is 4.63. The van der Waals surface area contributed by atoms with Crippen molar-refractivity contribution in [1.82, 2.24) is 4.98 Å². The lowest BCUT2D eigenvalue weighted by molar-refractivity contribution is 1.05. The Morgan fingerprint density at radius 3 is 2.47 bits per heavy atom. The van der Waals surface area contributed by atoms with E-state index in [1.165, 1.54) is 16.1 Å². The Kier molecular flexibility index (Phi) is 3.22. The van der Waals surface area contributed by atoms with E-state index >= 15 is 0 Å². The van der Waals surface area contributed by atoms with Gasteiger partial charge in [-0.2, -0.15) is 0 Å². The summed E-state index contributed by atoms with van der Waals surface area (Å²) in [4.78, 5) is 5.96. The molecule has 0 N–H and O–H groups in total. The smallest absolute Gasteiger partial charge is 0.123 e. The van der Waals surface area contributed by atoms with Crippen LogP contribution >= 0.6 is 27.3 Å². The summed E-state index contributed by atoms with van der Waals surface area (Å²) in [7, 11) is 0. The molecule has 0 saturated heterocycles. The molecule has 0 atom stereocenters. The molecule has 0 aliphatic rings. The molecule has 1 aromatic carbocycles. The van der Waals surface area contributed by atoms with E-state index in [2.05, 4.69) is 59.0 Å². The summed E-state index contributed by atoms with van der Waals surface area (Å²) in [6.45, 7) is 4.28. The van der Waals surface area contributed by atoms with Gasteiger partial charge in [-0.15, -0.1) is 11.3 Å². The van der Waals surface area contributed by atoms with Gasteiger partial charge in [0.1, 0.15) is 5.01 Å². The van der Waals surface area contributed by atoms with Gasteiger partial charge in [0.2, 0.25) is 0 Å². The molecule has 1 aromatic heterocycles. The summed E-state index contributed by atoms with van der Waals surface area (Å²) >= 11 is 5.21. The van der Waals surface area contributed by atoms with Crippen molar-refractivity contribution in [3.63, 3.8) is 0 Å². The van der Waals surface area contributed by atoms with Gasteiger partial charge in [0.15, 0.2) is 0 Å². The van der Waals surface area contributed by atoms with Crippen LogP contribution in [-0.4, -0.2) is 4.98 Å². The quantitative estimate of drug-likeness (QED) is 0.793. The molecule has 0 unspecified atom stereocenters. The van der Waals surface area contributed by atoms with Crippen LogP contribution in [0.2, 0.25) is 0 Å². The molecule has 0 radical (unpaired) electrons. The molecule has 15 heavy (non-hydrogen) atoms. The second-order valence-electron chi connectivity index (χ2n) is 3.38. The van der Waals surface area contributed by atoms with Gasteiger partial charge in [0, 0.05) is 14.9 Å². The summed E-state index contributed by atoms with van der Waals surface area (Å²) in [5.41, 5.74) is 2.42. The average molecular weight is 282 g/mol. The van der Waals surface area contributed by atoms with Crippen molar-refractivity contribution in [1.29, 1.82) is 0 Å². The first-order valence-corrected chi connectivity index (χ1v) is 6.54. The largest absolute Gasteiger partial charge is 0.241 e. The monoisotopic (exact) mass is 281 g/mol. The number of hydrogen-bond donors (Lipinski definition) is 0. The first-order chi connectivity index (χ1) is 7.20. The first kappa shape index (κ1) is 10.8. The van der Waals surface area contributed by atoms with Crippen LogP contribution in [0.5, 0.6) is 0 Å². The molecule has 1 heterocycles. The fourth-order valence-corrected chi connectivity index (χ4v) is 2.74. The average Bonchev–Trinajstić information content (AvgIpc) is 2.61. The highest BCUT2D eigenvalue weighted by Crippen LogP contribution is 2.28. The minimum absolute atomic E-state index is 1.01. The molecule has 2 rings (SSSR count). The molecule has 78 valence electrons. The third-order valence-electron chi connectivity index (χ3n) is 2.32. The van der Waals surface area contributed by atoms with E-state index in [-0.39, 0.29) is 0 Å². The summed E-state index contributed by atoms with van der Waals surface area (Å²) in [6.07, 6.45) is 1.01. The molecule has 0 aliphatic heterocycles. The van der Waals surface area contributed by atoms with E-state index in [1.807, 2.05) is 0 Å². The number of rotatable bonds is 2. The number of benzene rings is 1. The molecule has 2 aromatic rings. The Labute approximate surface area is 102 Å². The summed E-state index contributed by atoms with van der Waals surface area (Å²) in [5.74, 6) is 0. The van der Waals surface area contributed by atoms with E-state index in [0.29, 0.717) is 0 Å². The van der Waals surface area contributed by atoms with E-state index in [4.69, 9.17) is 0 Å². The number of halogens is 1. The number of nitrogens with zero attached hydrogens (tertiary/aromatic N) is 1. The van der Waals surface area contributed by atoms with Gasteiger partial charge >= 0.3 is 0 Å². The van der Waals surface area contributed by atoms with Gasteiger partial charge < -0.3 is 0 Å². The van der Waals surface area contributed by atoms with Crippen LogP contribution < -0.4 is 0 Å². The van der Waals surface area contributed by atoms with Crippen LogP contribution in [0.4, 0.5) is 0 Å². The molecule has 0 fully saturated rings. The minimum Gasteiger partial charge on any atom is -0.241 e. The fourth-order valence-electron chi connectivity index (χ4n) is 1.47. The molecule has 0 aliphatic carbocycles. The molecular formula is C12H12BrNS. The first-order valence-electron chi connectivity index (χ1n) is 4.93. The Hall–Kier alpha value is -0.670. The second kappa shape index (κ2) is 4.45. The highest BCUT2D eigenvalue weighted by molar-refractivity contribution is 9.10. The highest BCUT2D eigenvalue weighted by atomic mass is 79.9. The summed E-state index contributed by atoms with van der Waals surface area (Å²) in [5, 5.41) is 1.12. The second-order valence-corrected chi connectivity index (χ2v) is 5.50. The molecule has 0 bridgehead atoms. The van der Waals surface area contributed by atoms with Gasteiger partial charge in [-0.25, -0.2) is 4.98 Å². The number of aromatic nitrogens is 1. The molecule has 1 nitrogen and oxygen atoms in total. The zero-order valence-corrected chi connectivity index (χ0v) is 11.2. The summed E-state index contributed by atoms with van der Waals surface area (Å²) < 4.78 is 1.11. The van der Waals surface area contributed by atoms with Crippen molar-refractivity contribution in [3.8, 4) is 10.6 Å². The van der Waals surface area contributed by atoms with E-state index in [9.17, 15) is 0 Å². The van der Waals surface area contributed by atoms with Gasteiger partial charge in [-0.1, -0.05) is 35.0 Å². The molecule has 3 heteroatoms. The zero-order chi connectivity index (χ0) is 10.8. The van der Waals surface area contributed by atoms with Crippen LogP contribution in [-0.2, 0) is 6.42 Å². The minimum atomic E-state index is 1.01. The lowest BCUT2D eigenvalue weighted by Gasteiger charge is -1.95. The van der Waals surface area contributed by atoms with E-state index in [1.54, 1.807) is 11.3 Å². The maximum absolute atomic E-state index is 4.63. The van der Waals surface area contributed by atoms with Crippen molar-refractivity contribution in [3.05, 3.63) is 39.3 Å². The predicted molar refractivity (Wildman–Crippen MR) is 69.4 cm³/mol. The highest BCUT2D eigenvalue weighted by Gasteiger charge is 2.07.